The van der Waals surface area contributed by atoms with E-state index in [9.17, 15) is 0 Å². The highest BCUT2D eigenvalue weighted by atomic mass is 14.9. The minimum atomic E-state index is 0.333. The fourth-order valence-electron chi connectivity index (χ4n) is 2.60. The van der Waals surface area contributed by atoms with Crippen LogP contribution in [0.15, 0.2) is 0 Å². The third-order valence-electron chi connectivity index (χ3n) is 5.26. The van der Waals surface area contributed by atoms with Crippen molar-refractivity contribution in [2.45, 2.75) is 79.3 Å². The lowest BCUT2D eigenvalue weighted by atomic mass is 9.77. The first-order valence-electron chi connectivity index (χ1n) is 8.88. The van der Waals surface area contributed by atoms with Crippen LogP contribution in [0.3, 0.4) is 0 Å². The van der Waals surface area contributed by atoms with Gasteiger partial charge in [0.15, 0.2) is 0 Å². The van der Waals surface area contributed by atoms with Crippen molar-refractivity contribution in [2.75, 3.05) is 20.1 Å². The van der Waals surface area contributed by atoms with Gasteiger partial charge in [0, 0.05) is 18.6 Å². The Morgan fingerprint density at radius 3 is 2.19 bits per heavy atom. The van der Waals surface area contributed by atoms with Crippen LogP contribution in [0.4, 0.5) is 0 Å². The van der Waals surface area contributed by atoms with Gasteiger partial charge in [0.25, 0.3) is 0 Å². The van der Waals surface area contributed by atoms with Gasteiger partial charge in [-0.2, -0.15) is 0 Å². The van der Waals surface area contributed by atoms with Gasteiger partial charge in [0.1, 0.15) is 0 Å². The van der Waals surface area contributed by atoms with Crippen molar-refractivity contribution < 1.29 is 0 Å². The maximum absolute atomic E-state index is 6.19. The Morgan fingerprint density at radius 2 is 1.67 bits per heavy atom. The number of rotatable bonds is 12. The zero-order chi connectivity index (χ0) is 16.5. The average Bonchev–Trinajstić information content (AvgIpc) is 2.43. The molecule has 0 amide bonds. The first kappa shape index (κ1) is 20.9. The van der Waals surface area contributed by atoms with E-state index in [-0.39, 0.29) is 0 Å². The number of nitrogens with one attached hydrogen (secondary N) is 2. The molecule has 0 saturated carbocycles. The third kappa shape index (κ3) is 8.80. The summed E-state index contributed by atoms with van der Waals surface area (Å²) in [4.78, 5) is 0. The second-order valence-corrected chi connectivity index (χ2v) is 7.72. The van der Waals surface area contributed by atoms with Crippen molar-refractivity contribution in [3.05, 3.63) is 0 Å². The molecule has 4 N–H and O–H groups in total. The zero-order valence-corrected chi connectivity index (χ0v) is 15.6. The Balaban J connectivity index is 4.05. The van der Waals surface area contributed by atoms with E-state index in [4.69, 9.17) is 5.73 Å². The summed E-state index contributed by atoms with van der Waals surface area (Å²) in [6.07, 6.45) is 4.84. The van der Waals surface area contributed by atoms with Crippen molar-refractivity contribution >= 4 is 0 Å². The normalized spacial score (nSPS) is 18.3. The predicted molar refractivity (Wildman–Crippen MR) is 95.6 cm³/mol. The van der Waals surface area contributed by atoms with Gasteiger partial charge in [0.05, 0.1) is 0 Å². The van der Waals surface area contributed by atoms with E-state index < -0.39 is 0 Å². The van der Waals surface area contributed by atoms with Crippen molar-refractivity contribution in [1.29, 1.82) is 0 Å². The molecule has 0 saturated heterocycles. The van der Waals surface area contributed by atoms with Crippen LogP contribution in [0, 0.1) is 17.3 Å². The van der Waals surface area contributed by atoms with E-state index in [1.165, 1.54) is 19.3 Å². The zero-order valence-electron chi connectivity index (χ0n) is 15.6. The van der Waals surface area contributed by atoms with Crippen molar-refractivity contribution in [2.24, 2.45) is 23.0 Å². The fraction of sp³-hybridized carbons (Fsp3) is 1.00. The minimum Gasteiger partial charge on any atom is -0.327 e. The molecule has 0 aromatic carbocycles. The Bertz CT molecular complexity index is 253. The molecule has 3 heteroatoms. The van der Waals surface area contributed by atoms with Crippen LogP contribution in [0.25, 0.3) is 0 Å². The van der Waals surface area contributed by atoms with Gasteiger partial charge in [-0.25, -0.2) is 0 Å². The topological polar surface area (TPSA) is 50.1 Å². The molecule has 0 aromatic rings. The van der Waals surface area contributed by atoms with E-state index in [1.54, 1.807) is 0 Å². The van der Waals surface area contributed by atoms with Crippen LogP contribution >= 0.6 is 0 Å². The van der Waals surface area contributed by atoms with Crippen molar-refractivity contribution in [3.8, 4) is 0 Å². The average molecular weight is 300 g/mol. The Hall–Kier alpha value is -0.120. The maximum atomic E-state index is 6.19. The van der Waals surface area contributed by atoms with Crippen LogP contribution in [-0.4, -0.2) is 32.2 Å². The summed E-state index contributed by atoms with van der Waals surface area (Å²) in [5.74, 6) is 1.28. The largest absolute Gasteiger partial charge is 0.327 e. The van der Waals surface area contributed by atoms with Crippen LogP contribution in [0.2, 0.25) is 0 Å². The molecule has 0 radical (unpaired) electrons. The monoisotopic (exact) mass is 299 g/mol. The van der Waals surface area contributed by atoms with Gasteiger partial charge in [-0.15, -0.1) is 0 Å². The first-order chi connectivity index (χ1) is 9.74. The molecule has 0 fully saturated rings. The lowest BCUT2D eigenvalue weighted by Crippen LogP contribution is -2.40. The Kier molecular flexibility index (Phi) is 10.5. The van der Waals surface area contributed by atoms with Gasteiger partial charge in [-0.1, -0.05) is 41.0 Å². The quantitative estimate of drug-likeness (QED) is 0.518. The van der Waals surface area contributed by atoms with Gasteiger partial charge in [-0.3, -0.25) is 0 Å². The number of hydrogen-bond donors (Lipinski definition) is 3. The molecular formula is C18H41N3. The fourth-order valence-corrected chi connectivity index (χ4v) is 2.60. The molecule has 3 nitrogen and oxygen atoms in total. The molecule has 0 spiro atoms. The molecule has 0 rings (SSSR count). The molecule has 0 bridgehead atoms. The highest BCUT2D eigenvalue weighted by molar-refractivity contribution is 4.80. The van der Waals surface area contributed by atoms with E-state index in [1.807, 2.05) is 7.05 Å². The Labute approximate surface area is 133 Å². The molecule has 0 aromatic heterocycles. The number of nitrogens with two attached hydrogens (primary N) is 1. The SMILES string of the molecule is CCCC(N)C(C)CNCC(C)(C)C(C)CCC(C)NC. The van der Waals surface area contributed by atoms with E-state index in [0.29, 0.717) is 23.4 Å². The molecule has 21 heavy (non-hydrogen) atoms. The molecule has 0 aliphatic heterocycles. The second-order valence-electron chi connectivity index (χ2n) is 7.72. The summed E-state index contributed by atoms with van der Waals surface area (Å²) in [6.45, 7) is 16.0. The van der Waals surface area contributed by atoms with Crippen LogP contribution < -0.4 is 16.4 Å². The molecular weight excluding hydrogens is 258 g/mol. The van der Waals surface area contributed by atoms with Crippen LogP contribution in [0.5, 0.6) is 0 Å². The van der Waals surface area contributed by atoms with Crippen molar-refractivity contribution in [1.82, 2.24) is 10.6 Å². The molecule has 0 heterocycles. The molecule has 0 aliphatic carbocycles. The standard InChI is InChI=1S/C18H41N3/c1-8-9-17(19)14(2)12-21-13-18(5,6)15(3)10-11-16(4)20-7/h14-17,20-21H,8-13,19H2,1-7H3. The maximum Gasteiger partial charge on any atom is 0.00765 e. The van der Waals surface area contributed by atoms with Crippen molar-refractivity contribution in [3.63, 3.8) is 0 Å². The summed E-state index contributed by atoms with van der Waals surface area (Å²) in [5.41, 5.74) is 6.52. The highest BCUT2D eigenvalue weighted by Gasteiger charge is 2.26. The molecule has 4 unspecified atom stereocenters. The smallest absolute Gasteiger partial charge is 0.00765 e. The Morgan fingerprint density at radius 1 is 1.05 bits per heavy atom. The van der Waals surface area contributed by atoms with Gasteiger partial charge in [0.2, 0.25) is 0 Å². The summed E-state index contributed by atoms with van der Waals surface area (Å²) in [5, 5.41) is 6.98. The van der Waals surface area contributed by atoms with E-state index in [2.05, 4.69) is 52.2 Å². The van der Waals surface area contributed by atoms with E-state index >= 15 is 0 Å². The highest BCUT2D eigenvalue weighted by Crippen LogP contribution is 2.29. The van der Waals surface area contributed by atoms with Gasteiger partial charge < -0.3 is 16.4 Å². The van der Waals surface area contributed by atoms with E-state index in [0.717, 1.165) is 25.4 Å². The lowest BCUT2D eigenvalue weighted by molar-refractivity contribution is 0.197. The predicted octanol–water partition coefficient (Wildman–Crippen LogP) is 3.39. The van der Waals surface area contributed by atoms with Gasteiger partial charge in [-0.05, 0) is 57.0 Å². The first-order valence-corrected chi connectivity index (χ1v) is 8.88. The van der Waals surface area contributed by atoms with Gasteiger partial charge >= 0.3 is 0 Å². The molecule has 0 aliphatic rings. The summed E-state index contributed by atoms with van der Waals surface area (Å²) < 4.78 is 0. The van der Waals surface area contributed by atoms with Crippen LogP contribution in [-0.2, 0) is 0 Å². The molecule has 128 valence electrons. The lowest BCUT2D eigenvalue weighted by Gasteiger charge is -2.33. The summed E-state index contributed by atoms with van der Waals surface area (Å²) in [7, 11) is 2.04. The second kappa shape index (κ2) is 10.6. The summed E-state index contributed by atoms with van der Waals surface area (Å²) in [6, 6.07) is 0.947. The van der Waals surface area contributed by atoms with Crippen LogP contribution in [0.1, 0.15) is 67.2 Å². The minimum absolute atomic E-state index is 0.333. The number of hydrogen-bond acceptors (Lipinski definition) is 3. The molecule has 4 atom stereocenters. The third-order valence-corrected chi connectivity index (χ3v) is 5.26. The summed E-state index contributed by atoms with van der Waals surface area (Å²) >= 11 is 0.